The Morgan fingerprint density at radius 3 is 0.895 bits per heavy atom. The van der Waals surface area contributed by atoms with Crippen molar-refractivity contribution in [1.29, 1.82) is 0 Å². The quantitative estimate of drug-likeness (QED) is 0.143. The van der Waals surface area contributed by atoms with E-state index in [0.717, 1.165) is 77.9 Å². The molecule has 4 heterocycles. The van der Waals surface area contributed by atoms with Crippen LogP contribution in [0.15, 0.2) is 243 Å². The third-order valence-corrected chi connectivity index (χ3v) is 14.3. The molecule has 0 radical (unpaired) electrons. The lowest BCUT2D eigenvalue weighted by Gasteiger charge is -2.18. The van der Waals surface area contributed by atoms with E-state index in [-0.39, 0.29) is 0 Å². The number of nitrogens with zero attached hydrogens (tertiary/aromatic N) is 8. The highest BCUT2D eigenvalue weighted by Gasteiger charge is 2.24. The number of aryl methyl sites for hydroxylation is 2. The maximum atomic E-state index is 5.37. The predicted octanol–water partition coefficient (Wildman–Crippen LogP) is 16.5. The molecule has 0 spiro atoms. The third-order valence-electron chi connectivity index (χ3n) is 14.3. The molecule has 0 amide bonds. The number of para-hydroxylation sites is 2. The summed E-state index contributed by atoms with van der Waals surface area (Å²) in [7, 11) is 0. The van der Waals surface area contributed by atoms with Gasteiger partial charge in [0.15, 0.2) is 34.9 Å². The Kier molecular flexibility index (Phi) is 10.8. The summed E-state index contributed by atoms with van der Waals surface area (Å²) in [6.45, 7) is 4.30. The minimum absolute atomic E-state index is 0.553. The molecule has 14 rings (SSSR count). The van der Waals surface area contributed by atoms with Crippen LogP contribution in [0, 0.1) is 13.8 Å². The lowest BCUT2D eigenvalue weighted by Crippen LogP contribution is -2.05. The molecule has 8 heteroatoms. The molecule has 0 aliphatic heterocycles. The SMILES string of the molecule is Cc1ccc2c(c1)c1ccccc1n2-c1ccc(-c2ccc(-n3c4ccccc4c4cc(C)ccc43)c(-c3nc(-c4ccccc4)nc(-c4ccccc4)n3)c2)cc1-c1nc(-c2ccccc2)nc(-c2ccccc2)n1. The molecular weight excluding hydrogens is 929 g/mol. The molecule has 0 fully saturated rings. The fourth-order valence-electron chi connectivity index (χ4n) is 10.7. The Balaban J connectivity index is 1.06. The van der Waals surface area contributed by atoms with Gasteiger partial charge in [0.05, 0.1) is 33.4 Å². The van der Waals surface area contributed by atoms with Crippen molar-refractivity contribution in [1.82, 2.24) is 39.0 Å². The fourth-order valence-corrected chi connectivity index (χ4v) is 10.7. The van der Waals surface area contributed by atoms with E-state index in [4.69, 9.17) is 29.9 Å². The number of rotatable bonds is 9. The zero-order valence-electron chi connectivity index (χ0n) is 41.7. The zero-order valence-corrected chi connectivity index (χ0v) is 41.7. The van der Waals surface area contributed by atoms with Gasteiger partial charge in [0.1, 0.15) is 0 Å². The van der Waals surface area contributed by atoms with Crippen LogP contribution in [0.1, 0.15) is 11.1 Å². The summed E-state index contributed by atoms with van der Waals surface area (Å²) in [4.78, 5) is 31.7. The van der Waals surface area contributed by atoms with Crippen LogP contribution in [0.3, 0.4) is 0 Å². The summed E-state index contributed by atoms with van der Waals surface area (Å²) >= 11 is 0. The summed E-state index contributed by atoms with van der Waals surface area (Å²) < 4.78 is 4.72. The molecule has 76 heavy (non-hydrogen) atoms. The highest BCUT2D eigenvalue weighted by atomic mass is 15.1. The number of fused-ring (bicyclic) bond motifs is 6. The van der Waals surface area contributed by atoms with Gasteiger partial charge in [0.25, 0.3) is 0 Å². The minimum Gasteiger partial charge on any atom is -0.309 e. The lowest BCUT2D eigenvalue weighted by atomic mass is 9.97. The van der Waals surface area contributed by atoms with Crippen molar-refractivity contribution in [3.8, 4) is 90.8 Å². The van der Waals surface area contributed by atoms with E-state index in [1.807, 2.05) is 72.8 Å². The Labute approximate surface area is 439 Å². The van der Waals surface area contributed by atoms with E-state index in [1.54, 1.807) is 0 Å². The highest BCUT2D eigenvalue weighted by Crippen LogP contribution is 2.42. The van der Waals surface area contributed by atoms with E-state index in [9.17, 15) is 0 Å². The first kappa shape index (κ1) is 44.5. The van der Waals surface area contributed by atoms with Gasteiger partial charge in [-0.1, -0.05) is 193 Å². The molecule has 0 saturated heterocycles. The second-order valence-electron chi connectivity index (χ2n) is 19.3. The Morgan fingerprint density at radius 1 is 0.237 bits per heavy atom. The maximum Gasteiger partial charge on any atom is 0.166 e. The molecule has 0 unspecified atom stereocenters. The molecule has 0 atom stereocenters. The first-order chi connectivity index (χ1) is 37.5. The normalized spacial score (nSPS) is 11.6. The van der Waals surface area contributed by atoms with Crippen LogP contribution >= 0.6 is 0 Å². The van der Waals surface area contributed by atoms with Gasteiger partial charge in [-0.25, -0.2) is 29.9 Å². The topological polar surface area (TPSA) is 87.2 Å². The summed E-state index contributed by atoms with van der Waals surface area (Å²) in [5.74, 6) is 3.46. The van der Waals surface area contributed by atoms with Crippen molar-refractivity contribution < 1.29 is 0 Å². The van der Waals surface area contributed by atoms with Crippen molar-refractivity contribution >= 4 is 43.6 Å². The van der Waals surface area contributed by atoms with Crippen LogP contribution in [0.2, 0.25) is 0 Å². The Hall–Kier alpha value is -10.2. The molecule has 358 valence electrons. The molecule has 4 aromatic heterocycles. The average molecular weight is 975 g/mol. The summed E-state index contributed by atoms with van der Waals surface area (Å²) in [6, 6.07) is 84.6. The summed E-state index contributed by atoms with van der Waals surface area (Å²) in [5.41, 5.74) is 15.8. The van der Waals surface area contributed by atoms with Crippen molar-refractivity contribution in [2.75, 3.05) is 0 Å². The predicted molar refractivity (Wildman–Crippen MR) is 309 cm³/mol. The highest BCUT2D eigenvalue weighted by molar-refractivity contribution is 6.11. The summed E-state index contributed by atoms with van der Waals surface area (Å²) in [6.07, 6.45) is 0. The van der Waals surface area contributed by atoms with Gasteiger partial charge in [-0.05, 0) is 85.6 Å². The molecule has 14 aromatic rings. The van der Waals surface area contributed by atoms with Gasteiger partial charge in [-0.2, -0.15) is 0 Å². The van der Waals surface area contributed by atoms with Crippen LogP contribution < -0.4 is 0 Å². The number of aromatic nitrogens is 8. The number of benzene rings is 10. The van der Waals surface area contributed by atoms with E-state index >= 15 is 0 Å². The smallest absolute Gasteiger partial charge is 0.166 e. The Morgan fingerprint density at radius 2 is 0.539 bits per heavy atom. The van der Waals surface area contributed by atoms with Gasteiger partial charge < -0.3 is 9.13 Å². The summed E-state index contributed by atoms with van der Waals surface area (Å²) in [5, 5.41) is 4.70. The van der Waals surface area contributed by atoms with E-state index < -0.39 is 0 Å². The second-order valence-corrected chi connectivity index (χ2v) is 19.3. The first-order valence-electron chi connectivity index (χ1n) is 25.5. The molecular formula is C68H46N8. The van der Waals surface area contributed by atoms with Gasteiger partial charge in [-0.15, -0.1) is 0 Å². The molecule has 8 nitrogen and oxygen atoms in total. The van der Waals surface area contributed by atoms with Crippen LogP contribution in [0.25, 0.3) is 134 Å². The monoisotopic (exact) mass is 974 g/mol. The zero-order chi connectivity index (χ0) is 50.7. The molecule has 0 N–H and O–H groups in total. The van der Waals surface area contributed by atoms with Gasteiger partial charge in [0.2, 0.25) is 0 Å². The molecule has 10 aromatic carbocycles. The number of hydrogen-bond donors (Lipinski definition) is 0. The van der Waals surface area contributed by atoms with Crippen LogP contribution in [-0.4, -0.2) is 39.0 Å². The van der Waals surface area contributed by atoms with Crippen LogP contribution in [-0.2, 0) is 0 Å². The van der Waals surface area contributed by atoms with Gasteiger partial charge >= 0.3 is 0 Å². The molecule has 0 saturated carbocycles. The fraction of sp³-hybridized carbons (Fsp3) is 0.0294. The van der Waals surface area contributed by atoms with E-state index in [1.165, 1.54) is 32.7 Å². The van der Waals surface area contributed by atoms with Crippen molar-refractivity contribution in [3.05, 3.63) is 254 Å². The van der Waals surface area contributed by atoms with E-state index in [2.05, 4.69) is 193 Å². The molecule has 0 bridgehead atoms. The number of hydrogen-bond acceptors (Lipinski definition) is 6. The van der Waals surface area contributed by atoms with Crippen LogP contribution in [0.5, 0.6) is 0 Å². The van der Waals surface area contributed by atoms with Crippen molar-refractivity contribution in [3.63, 3.8) is 0 Å². The van der Waals surface area contributed by atoms with Crippen molar-refractivity contribution in [2.24, 2.45) is 0 Å². The van der Waals surface area contributed by atoms with Crippen LogP contribution in [0.4, 0.5) is 0 Å². The standard InChI is InChI=1S/C68H46N8/c1-43-31-35-59-53(39-43)51-27-15-17-29-57(51)75(59)61-37-33-49(41-55(61)67-71-63(45-19-7-3-8-20-45)69-64(72-67)46-21-9-4-10-22-46)50-34-38-62(76-58-30-18-16-28-52(58)54-40-44(2)32-36-60(54)76)56(42-50)68-73-65(47-23-11-5-12-24-47)70-66(74-68)48-25-13-6-14-26-48/h3-42H,1-2H3. The third kappa shape index (κ3) is 7.79. The first-order valence-corrected chi connectivity index (χ1v) is 25.5. The maximum absolute atomic E-state index is 5.37. The molecule has 0 aliphatic carbocycles. The van der Waals surface area contributed by atoms with Crippen molar-refractivity contribution in [2.45, 2.75) is 13.8 Å². The lowest BCUT2D eigenvalue weighted by molar-refractivity contribution is 1.06. The largest absolute Gasteiger partial charge is 0.309 e. The van der Waals surface area contributed by atoms with E-state index in [0.29, 0.717) is 34.9 Å². The average Bonchev–Trinajstić information content (AvgIpc) is 4.10. The second kappa shape index (κ2) is 18.4. The minimum atomic E-state index is 0.553. The van der Waals surface area contributed by atoms with Gasteiger partial charge in [-0.3, -0.25) is 0 Å². The van der Waals surface area contributed by atoms with Gasteiger partial charge in [0, 0.05) is 54.9 Å². The molecule has 0 aliphatic rings. The Bertz CT molecular complexity index is 4120.